The van der Waals surface area contributed by atoms with Crippen LogP contribution in [-0.4, -0.2) is 18.7 Å². The van der Waals surface area contributed by atoms with E-state index in [1.165, 1.54) is 11.6 Å². The standard InChI is InChI=1S/C22H21ClN4O3/c1-3-18-24-20-19(26(18)14-30-13-15-7-5-4-6-8-15)21(28)25(2)22(29)27(20)17-11-9-16(23)10-12-17/h4-12H,3,13-14H2,1-2H3. The summed E-state index contributed by atoms with van der Waals surface area (Å²) >= 11 is 5.99. The SMILES string of the molecule is CCc1nc2c(c(=O)n(C)c(=O)n2-c2ccc(Cl)cc2)n1COCc1ccccc1. The number of hydrogen-bond donors (Lipinski definition) is 0. The van der Waals surface area contributed by atoms with E-state index < -0.39 is 11.2 Å². The summed E-state index contributed by atoms with van der Waals surface area (Å²) in [5, 5.41) is 0.557. The Hall–Kier alpha value is -3.16. The van der Waals surface area contributed by atoms with Crippen LogP contribution in [0, 0.1) is 0 Å². The van der Waals surface area contributed by atoms with Crippen LogP contribution in [0.1, 0.15) is 18.3 Å². The maximum atomic E-state index is 13.0. The van der Waals surface area contributed by atoms with Gasteiger partial charge in [-0.05, 0) is 29.8 Å². The molecule has 154 valence electrons. The fourth-order valence-corrected chi connectivity index (χ4v) is 3.53. The molecule has 0 radical (unpaired) electrons. The van der Waals surface area contributed by atoms with Crippen molar-refractivity contribution in [2.45, 2.75) is 26.7 Å². The van der Waals surface area contributed by atoms with Gasteiger partial charge in [-0.15, -0.1) is 0 Å². The van der Waals surface area contributed by atoms with E-state index in [1.807, 2.05) is 37.3 Å². The molecule has 2 heterocycles. The van der Waals surface area contributed by atoms with Crippen LogP contribution in [-0.2, 0) is 31.5 Å². The van der Waals surface area contributed by atoms with Crippen LogP contribution in [0.4, 0.5) is 0 Å². The molecule has 0 saturated heterocycles. The van der Waals surface area contributed by atoms with Crippen molar-refractivity contribution in [1.82, 2.24) is 18.7 Å². The van der Waals surface area contributed by atoms with Gasteiger partial charge in [-0.1, -0.05) is 48.9 Å². The molecular weight excluding hydrogens is 404 g/mol. The third-order valence-corrected chi connectivity index (χ3v) is 5.21. The van der Waals surface area contributed by atoms with Gasteiger partial charge >= 0.3 is 5.69 Å². The Morgan fingerprint density at radius 1 is 1.03 bits per heavy atom. The molecule has 2 aromatic carbocycles. The van der Waals surface area contributed by atoms with E-state index in [-0.39, 0.29) is 6.73 Å². The second-order valence-corrected chi connectivity index (χ2v) is 7.34. The summed E-state index contributed by atoms with van der Waals surface area (Å²) in [7, 11) is 1.46. The molecule has 0 spiro atoms. The van der Waals surface area contributed by atoms with Gasteiger partial charge < -0.3 is 4.74 Å². The molecule has 0 aliphatic heterocycles. The summed E-state index contributed by atoms with van der Waals surface area (Å²) in [6.45, 7) is 2.51. The number of nitrogens with zero attached hydrogens (tertiary/aromatic N) is 4. The van der Waals surface area contributed by atoms with E-state index in [0.717, 1.165) is 10.1 Å². The minimum absolute atomic E-state index is 0.155. The van der Waals surface area contributed by atoms with Crippen LogP contribution in [0.2, 0.25) is 5.02 Å². The van der Waals surface area contributed by atoms with Crippen LogP contribution in [0.15, 0.2) is 64.2 Å². The zero-order valence-electron chi connectivity index (χ0n) is 16.7. The molecule has 0 saturated carbocycles. The van der Waals surface area contributed by atoms with Crippen molar-refractivity contribution < 1.29 is 4.74 Å². The molecule has 0 N–H and O–H groups in total. The Labute approximate surface area is 177 Å². The van der Waals surface area contributed by atoms with Crippen LogP contribution in [0.25, 0.3) is 16.9 Å². The molecule has 0 atom stereocenters. The maximum Gasteiger partial charge on any atom is 0.337 e. The summed E-state index contributed by atoms with van der Waals surface area (Å²) in [6.07, 6.45) is 0.585. The molecular formula is C22H21ClN4O3. The Morgan fingerprint density at radius 2 is 1.73 bits per heavy atom. The fourth-order valence-electron chi connectivity index (χ4n) is 3.40. The molecule has 0 fully saturated rings. The summed E-state index contributed by atoms with van der Waals surface area (Å²) in [5.41, 5.74) is 1.39. The largest absolute Gasteiger partial charge is 0.356 e. The minimum atomic E-state index is -0.465. The summed E-state index contributed by atoms with van der Waals surface area (Å²) in [5.74, 6) is 0.670. The second kappa shape index (κ2) is 8.30. The van der Waals surface area contributed by atoms with Crippen molar-refractivity contribution in [3.8, 4) is 5.69 Å². The monoisotopic (exact) mass is 424 g/mol. The van der Waals surface area contributed by atoms with Gasteiger partial charge in [0.2, 0.25) is 0 Å². The third-order valence-electron chi connectivity index (χ3n) is 4.96. The van der Waals surface area contributed by atoms with E-state index in [0.29, 0.717) is 40.7 Å². The first-order chi connectivity index (χ1) is 14.5. The Morgan fingerprint density at radius 3 is 2.40 bits per heavy atom. The van der Waals surface area contributed by atoms with Crippen molar-refractivity contribution in [1.29, 1.82) is 0 Å². The predicted octanol–water partition coefficient (Wildman–Crippen LogP) is 3.28. The van der Waals surface area contributed by atoms with Gasteiger partial charge in [0.15, 0.2) is 11.2 Å². The lowest BCUT2D eigenvalue weighted by molar-refractivity contribution is 0.0646. The minimum Gasteiger partial charge on any atom is -0.356 e. The number of aryl methyl sites for hydroxylation is 1. The number of imidazole rings is 1. The van der Waals surface area contributed by atoms with Gasteiger partial charge in [0.1, 0.15) is 12.6 Å². The lowest BCUT2D eigenvalue weighted by atomic mass is 10.2. The van der Waals surface area contributed by atoms with Crippen LogP contribution in [0.3, 0.4) is 0 Å². The van der Waals surface area contributed by atoms with E-state index in [4.69, 9.17) is 16.3 Å². The first kappa shape index (κ1) is 20.1. The topological polar surface area (TPSA) is 71.0 Å². The molecule has 4 aromatic rings. The average molecular weight is 425 g/mol. The maximum absolute atomic E-state index is 13.0. The Balaban J connectivity index is 1.84. The molecule has 2 aromatic heterocycles. The molecule has 30 heavy (non-hydrogen) atoms. The van der Waals surface area contributed by atoms with Gasteiger partial charge in [-0.25, -0.2) is 14.3 Å². The lowest BCUT2D eigenvalue weighted by Crippen LogP contribution is -2.38. The van der Waals surface area contributed by atoms with E-state index in [1.54, 1.807) is 28.8 Å². The molecule has 0 aliphatic carbocycles. The first-order valence-electron chi connectivity index (χ1n) is 9.60. The van der Waals surface area contributed by atoms with Gasteiger partial charge in [0.05, 0.1) is 12.3 Å². The number of aromatic nitrogens is 4. The first-order valence-corrected chi connectivity index (χ1v) is 9.97. The van der Waals surface area contributed by atoms with Crippen LogP contribution in [0.5, 0.6) is 0 Å². The van der Waals surface area contributed by atoms with Crippen molar-refractivity contribution in [3.05, 3.63) is 91.8 Å². The zero-order valence-corrected chi connectivity index (χ0v) is 17.5. The van der Waals surface area contributed by atoms with Crippen molar-refractivity contribution in [2.24, 2.45) is 7.05 Å². The average Bonchev–Trinajstić information content (AvgIpc) is 3.12. The number of ether oxygens (including phenoxy) is 1. The molecule has 4 rings (SSSR count). The van der Waals surface area contributed by atoms with Gasteiger partial charge in [-0.3, -0.25) is 13.9 Å². The molecule has 8 heteroatoms. The summed E-state index contributed by atoms with van der Waals surface area (Å²) in [6, 6.07) is 16.6. The third kappa shape index (κ3) is 3.58. The molecule has 0 unspecified atom stereocenters. The van der Waals surface area contributed by atoms with Gasteiger partial charge in [0, 0.05) is 18.5 Å². The highest BCUT2D eigenvalue weighted by atomic mass is 35.5. The van der Waals surface area contributed by atoms with E-state index in [9.17, 15) is 9.59 Å². The van der Waals surface area contributed by atoms with Gasteiger partial charge in [-0.2, -0.15) is 0 Å². The summed E-state index contributed by atoms with van der Waals surface area (Å²) in [4.78, 5) is 30.5. The highest BCUT2D eigenvalue weighted by Crippen LogP contribution is 2.18. The molecule has 0 bridgehead atoms. The van der Waals surface area contributed by atoms with Crippen molar-refractivity contribution >= 4 is 22.8 Å². The quantitative estimate of drug-likeness (QED) is 0.476. The van der Waals surface area contributed by atoms with E-state index in [2.05, 4.69) is 4.98 Å². The predicted molar refractivity (Wildman–Crippen MR) is 116 cm³/mol. The number of rotatable bonds is 6. The van der Waals surface area contributed by atoms with Gasteiger partial charge in [0.25, 0.3) is 5.56 Å². The number of hydrogen-bond acceptors (Lipinski definition) is 4. The Kier molecular flexibility index (Phi) is 5.57. The molecule has 0 aliphatic rings. The van der Waals surface area contributed by atoms with Crippen molar-refractivity contribution in [2.75, 3.05) is 0 Å². The number of halogens is 1. The second-order valence-electron chi connectivity index (χ2n) is 6.90. The fraction of sp³-hybridized carbons (Fsp3) is 0.227. The number of fused-ring (bicyclic) bond motifs is 1. The van der Waals surface area contributed by atoms with Crippen LogP contribution < -0.4 is 11.2 Å². The Bertz CT molecular complexity index is 1300. The lowest BCUT2D eigenvalue weighted by Gasteiger charge is -2.11. The molecule has 7 nitrogen and oxygen atoms in total. The zero-order chi connectivity index (χ0) is 21.3. The normalized spacial score (nSPS) is 11.3. The van der Waals surface area contributed by atoms with Crippen molar-refractivity contribution in [3.63, 3.8) is 0 Å². The van der Waals surface area contributed by atoms with E-state index >= 15 is 0 Å². The molecule has 0 amide bonds. The highest BCUT2D eigenvalue weighted by Gasteiger charge is 2.20. The highest BCUT2D eigenvalue weighted by molar-refractivity contribution is 6.30. The van der Waals surface area contributed by atoms with Crippen LogP contribution >= 0.6 is 11.6 Å². The number of benzene rings is 2. The summed E-state index contributed by atoms with van der Waals surface area (Å²) < 4.78 is 10.1. The smallest absolute Gasteiger partial charge is 0.337 e.